The minimum Gasteiger partial charge on any atom is -0.360 e. The molecule has 0 radical (unpaired) electrons. The molecule has 4 aromatic heterocycles. The maximum absolute atomic E-state index is 12.8. The summed E-state index contributed by atoms with van der Waals surface area (Å²) in [6.45, 7) is 2.07. The highest BCUT2D eigenvalue weighted by Gasteiger charge is 2.20. The maximum atomic E-state index is 12.8. The van der Waals surface area contributed by atoms with Gasteiger partial charge in [-0.15, -0.1) is 10.2 Å². The van der Waals surface area contributed by atoms with Gasteiger partial charge in [0.15, 0.2) is 5.82 Å². The highest BCUT2D eigenvalue weighted by atomic mass is 16.1. The Morgan fingerprint density at radius 2 is 1.91 bits per heavy atom. The van der Waals surface area contributed by atoms with Crippen molar-refractivity contribution in [2.24, 2.45) is 0 Å². The zero-order valence-electron chi connectivity index (χ0n) is 18.8. The summed E-state index contributed by atoms with van der Waals surface area (Å²) in [4.78, 5) is 22.8. The third kappa shape index (κ3) is 3.90. The molecule has 1 aromatic carbocycles. The maximum Gasteiger partial charge on any atom is 0.260 e. The number of hydrogen-bond donors (Lipinski definition) is 2. The normalized spacial score (nSPS) is 15.2. The molecule has 0 bridgehead atoms. The Morgan fingerprint density at radius 1 is 1.03 bits per heavy atom. The predicted octanol–water partition coefficient (Wildman–Crippen LogP) is 3.89. The van der Waals surface area contributed by atoms with Crippen molar-refractivity contribution in [2.75, 3.05) is 25.5 Å². The highest BCUT2D eigenvalue weighted by Crippen LogP contribution is 2.26. The predicted molar refractivity (Wildman–Crippen MR) is 131 cm³/mol. The molecular weight excluding hydrogens is 428 g/mol. The monoisotopic (exact) mass is 452 g/mol. The quantitative estimate of drug-likeness (QED) is 0.429. The molecule has 0 atom stereocenters. The van der Waals surface area contributed by atoms with Gasteiger partial charge in [0.2, 0.25) is 0 Å². The number of H-pyrrole nitrogens is 1. The van der Waals surface area contributed by atoms with Crippen LogP contribution in [0.15, 0.2) is 61.2 Å². The fourth-order valence-corrected chi connectivity index (χ4v) is 4.48. The molecule has 2 N–H and O–H groups in total. The van der Waals surface area contributed by atoms with Crippen LogP contribution in [0.5, 0.6) is 0 Å². The van der Waals surface area contributed by atoms with Gasteiger partial charge in [0, 0.05) is 29.5 Å². The molecule has 1 amide bonds. The minimum atomic E-state index is -0.245. The van der Waals surface area contributed by atoms with Crippen molar-refractivity contribution in [3.05, 3.63) is 66.7 Å². The number of hydrogen-bond acceptors (Lipinski definition) is 6. The summed E-state index contributed by atoms with van der Waals surface area (Å²) in [6.07, 6.45) is 9.24. The van der Waals surface area contributed by atoms with Crippen LogP contribution in [0.2, 0.25) is 0 Å². The van der Waals surface area contributed by atoms with Crippen LogP contribution in [0, 0.1) is 0 Å². The fraction of sp³-hybridized carbons (Fsp3) is 0.240. The van der Waals surface area contributed by atoms with E-state index in [0.29, 0.717) is 17.4 Å². The van der Waals surface area contributed by atoms with Gasteiger partial charge >= 0.3 is 0 Å². The first kappa shape index (κ1) is 20.5. The molecule has 0 aliphatic carbocycles. The second-order valence-electron chi connectivity index (χ2n) is 8.84. The molecule has 1 aliphatic heterocycles. The van der Waals surface area contributed by atoms with Gasteiger partial charge in [-0.25, -0.2) is 0 Å². The number of benzene rings is 1. The number of anilines is 1. The van der Waals surface area contributed by atoms with Gasteiger partial charge in [0.1, 0.15) is 0 Å². The van der Waals surface area contributed by atoms with Crippen LogP contribution in [-0.2, 0) is 0 Å². The van der Waals surface area contributed by atoms with Gasteiger partial charge in [-0.05, 0) is 68.9 Å². The average molecular weight is 453 g/mol. The van der Waals surface area contributed by atoms with E-state index in [1.165, 1.54) is 0 Å². The van der Waals surface area contributed by atoms with Crippen molar-refractivity contribution in [2.45, 2.75) is 18.9 Å². The molecule has 170 valence electrons. The zero-order chi connectivity index (χ0) is 23.1. The molecule has 9 heteroatoms. The Kier molecular flexibility index (Phi) is 5.03. The van der Waals surface area contributed by atoms with E-state index in [0.717, 1.165) is 59.0 Å². The Morgan fingerprint density at radius 3 is 2.79 bits per heavy atom. The van der Waals surface area contributed by atoms with Crippen molar-refractivity contribution < 1.29 is 4.79 Å². The van der Waals surface area contributed by atoms with Gasteiger partial charge in [0.25, 0.3) is 5.91 Å². The van der Waals surface area contributed by atoms with Crippen molar-refractivity contribution in [1.82, 2.24) is 34.8 Å². The van der Waals surface area contributed by atoms with E-state index in [9.17, 15) is 4.79 Å². The van der Waals surface area contributed by atoms with Crippen LogP contribution >= 0.6 is 0 Å². The lowest BCUT2D eigenvalue weighted by Gasteiger charge is -2.28. The van der Waals surface area contributed by atoms with Crippen LogP contribution in [0.25, 0.3) is 33.1 Å². The smallest absolute Gasteiger partial charge is 0.260 e. The molecule has 5 heterocycles. The van der Waals surface area contributed by atoms with Gasteiger partial charge in [-0.2, -0.15) is 5.10 Å². The van der Waals surface area contributed by atoms with Crippen LogP contribution in [0.1, 0.15) is 29.2 Å². The molecule has 0 unspecified atom stereocenters. The molecule has 1 saturated heterocycles. The van der Waals surface area contributed by atoms with E-state index in [-0.39, 0.29) is 5.91 Å². The summed E-state index contributed by atoms with van der Waals surface area (Å²) in [5, 5.41) is 16.6. The summed E-state index contributed by atoms with van der Waals surface area (Å²) in [6, 6.07) is 12.1. The number of likely N-dealkylation sites (tertiary alicyclic amines) is 1. The molecule has 0 spiro atoms. The number of amides is 1. The number of nitrogens with zero attached hydrogens (tertiary/aromatic N) is 6. The molecule has 6 rings (SSSR count). The first-order valence-corrected chi connectivity index (χ1v) is 11.4. The highest BCUT2D eigenvalue weighted by molar-refractivity contribution is 6.04. The number of carbonyl (C=O) groups excluding carboxylic acids is 1. The number of carbonyl (C=O) groups is 1. The van der Waals surface area contributed by atoms with E-state index in [1.807, 2.05) is 53.6 Å². The first-order valence-electron chi connectivity index (χ1n) is 11.4. The van der Waals surface area contributed by atoms with E-state index < -0.39 is 0 Å². The van der Waals surface area contributed by atoms with Gasteiger partial charge < -0.3 is 15.2 Å². The van der Waals surface area contributed by atoms with Crippen molar-refractivity contribution in [3.63, 3.8) is 0 Å². The number of fused-ring (bicyclic) bond motifs is 2. The first-order chi connectivity index (χ1) is 16.6. The number of rotatable bonds is 4. The fourth-order valence-electron chi connectivity index (χ4n) is 4.48. The summed E-state index contributed by atoms with van der Waals surface area (Å²) in [5.41, 5.74) is 5.20. The number of aromatic amines is 1. The van der Waals surface area contributed by atoms with Crippen molar-refractivity contribution in [1.29, 1.82) is 0 Å². The van der Waals surface area contributed by atoms with Crippen LogP contribution in [-0.4, -0.2) is 60.9 Å². The van der Waals surface area contributed by atoms with E-state index in [4.69, 9.17) is 0 Å². The Bertz CT molecular complexity index is 1500. The van der Waals surface area contributed by atoms with Crippen LogP contribution in [0.3, 0.4) is 0 Å². The molecule has 34 heavy (non-hydrogen) atoms. The van der Waals surface area contributed by atoms with E-state index in [1.54, 1.807) is 6.20 Å². The number of piperidine rings is 1. The topological polar surface area (TPSA) is 105 Å². The van der Waals surface area contributed by atoms with Gasteiger partial charge in [-0.1, -0.05) is 6.07 Å². The molecule has 0 saturated carbocycles. The SMILES string of the molecule is CN1CCC(n2cc(C(=O)Nc3cc4cc(-c5cnc6cc[nH]c6c5)ccc4nn3)cn2)CC1. The molecule has 9 nitrogen and oxygen atoms in total. The minimum absolute atomic E-state index is 0.245. The third-order valence-electron chi connectivity index (χ3n) is 6.48. The average Bonchev–Trinajstić information content (AvgIpc) is 3.54. The van der Waals surface area contributed by atoms with Crippen molar-refractivity contribution in [3.8, 4) is 11.1 Å². The summed E-state index contributed by atoms with van der Waals surface area (Å²) >= 11 is 0. The Balaban J connectivity index is 1.22. The molecule has 1 fully saturated rings. The molecule has 1 aliphatic rings. The Hall–Kier alpha value is -4.11. The Labute approximate surface area is 195 Å². The lowest BCUT2D eigenvalue weighted by Crippen LogP contribution is -2.31. The third-order valence-corrected chi connectivity index (χ3v) is 6.48. The molecular formula is C25H24N8O. The lowest BCUT2D eigenvalue weighted by atomic mass is 10.0. The van der Waals surface area contributed by atoms with E-state index in [2.05, 4.69) is 48.6 Å². The van der Waals surface area contributed by atoms with Gasteiger partial charge in [-0.3, -0.25) is 14.5 Å². The van der Waals surface area contributed by atoms with E-state index >= 15 is 0 Å². The van der Waals surface area contributed by atoms with Crippen LogP contribution in [0.4, 0.5) is 5.82 Å². The number of aromatic nitrogens is 6. The lowest BCUT2D eigenvalue weighted by molar-refractivity contribution is 0.102. The van der Waals surface area contributed by atoms with Crippen LogP contribution < -0.4 is 5.32 Å². The second kappa shape index (κ2) is 8.35. The number of pyridine rings is 1. The largest absolute Gasteiger partial charge is 0.360 e. The number of nitrogens with one attached hydrogen (secondary N) is 2. The molecule has 5 aromatic rings. The second-order valence-corrected chi connectivity index (χ2v) is 8.84. The summed E-state index contributed by atoms with van der Waals surface area (Å²) in [5.74, 6) is 0.157. The summed E-state index contributed by atoms with van der Waals surface area (Å²) < 4.78 is 1.91. The van der Waals surface area contributed by atoms with Gasteiger partial charge in [0.05, 0.1) is 34.4 Å². The summed E-state index contributed by atoms with van der Waals surface area (Å²) in [7, 11) is 2.13. The standard InChI is InChI=1S/C25H24N8O/c1-32-8-5-20(6-9-32)33-15-19(14-28-33)25(34)29-24-12-17-10-16(2-3-21(17)30-31-24)18-11-23-22(27-13-18)4-7-26-23/h2-4,7,10-15,20,26H,5-6,8-9H2,1H3,(H,29,31,34). The zero-order valence-corrected chi connectivity index (χ0v) is 18.8. The van der Waals surface area contributed by atoms with Crippen molar-refractivity contribution >= 4 is 33.7 Å².